The zero-order valence-electron chi connectivity index (χ0n) is 16.9. The summed E-state index contributed by atoms with van der Waals surface area (Å²) in [4.78, 5) is 21.3. The smallest absolute Gasteiger partial charge is 0.268 e. The Morgan fingerprint density at radius 1 is 1.23 bits per heavy atom. The van der Waals surface area contributed by atoms with E-state index in [1.165, 1.54) is 24.6 Å². The van der Waals surface area contributed by atoms with E-state index in [0.717, 1.165) is 48.7 Å². The lowest BCUT2D eigenvalue weighted by Crippen LogP contribution is -2.48. The second-order valence-corrected chi connectivity index (χ2v) is 9.85. The van der Waals surface area contributed by atoms with Gasteiger partial charge in [-0.2, -0.15) is 5.10 Å². The van der Waals surface area contributed by atoms with Crippen molar-refractivity contribution in [2.24, 2.45) is 18.2 Å². The summed E-state index contributed by atoms with van der Waals surface area (Å²) in [6, 6.07) is 4.04. The van der Waals surface area contributed by atoms with E-state index in [0.29, 0.717) is 16.0 Å². The van der Waals surface area contributed by atoms with Crippen molar-refractivity contribution in [3.05, 3.63) is 46.1 Å². The molecule has 1 aliphatic carbocycles. The number of halogens is 1. The molecule has 0 amide bonds. The number of fused-ring (bicyclic) bond motifs is 1. The molecule has 0 bridgehead atoms. The molecule has 2 aliphatic rings. The van der Waals surface area contributed by atoms with Crippen LogP contribution in [-0.2, 0) is 7.05 Å². The molecule has 1 spiro atoms. The summed E-state index contributed by atoms with van der Waals surface area (Å²) in [6.07, 6.45) is 11.0. The molecule has 7 nitrogen and oxygen atoms in total. The molecular formula is C21H25ClN6OS. The Hall–Kier alpha value is -2.03. The topological polar surface area (TPSA) is 81.4 Å². The Balaban J connectivity index is 1.37. The van der Waals surface area contributed by atoms with Gasteiger partial charge in [-0.05, 0) is 43.2 Å². The van der Waals surface area contributed by atoms with Crippen LogP contribution in [-0.4, -0.2) is 38.3 Å². The Morgan fingerprint density at radius 2 is 2.03 bits per heavy atom. The van der Waals surface area contributed by atoms with Crippen molar-refractivity contribution in [3.63, 3.8) is 0 Å². The SMILES string of the molecule is Cn1c(N2CCC3(CCC[C@H]3N)CC2)ncc(Sc2ccn3nccc3c2Cl)c1=O. The molecule has 9 heteroatoms. The highest BCUT2D eigenvalue weighted by atomic mass is 35.5. The number of aromatic nitrogens is 4. The van der Waals surface area contributed by atoms with Gasteiger partial charge in [-0.1, -0.05) is 29.8 Å². The lowest BCUT2D eigenvalue weighted by atomic mass is 9.74. The fourth-order valence-electron chi connectivity index (χ4n) is 4.96. The predicted molar refractivity (Wildman–Crippen MR) is 120 cm³/mol. The van der Waals surface area contributed by atoms with Gasteiger partial charge in [0.25, 0.3) is 5.56 Å². The molecule has 1 saturated heterocycles. The lowest BCUT2D eigenvalue weighted by molar-refractivity contribution is 0.196. The van der Waals surface area contributed by atoms with Crippen molar-refractivity contribution in [1.29, 1.82) is 0 Å². The minimum atomic E-state index is -0.0627. The van der Waals surface area contributed by atoms with Gasteiger partial charge in [-0.15, -0.1) is 0 Å². The Kier molecular flexibility index (Phi) is 5.03. The van der Waals surface area contributed by atoms with Crippen LogP contribution in [0.25, 0.3) is 5.52 Å². The van der Waals surface area contributed by atoms with Crippen LogP contribution in [0.3, 0.4) is 0 Å². The second kappa shape index (κ2) is 7.59. The van der Waals surface area contributed by atoms with Gasteiger partial charge in [0, 0.05) is 37.3 Å². The molecule has 5 rings (SSSR count). The molecule has 0 unspecified atom stereocenters. The maximum absolute atomic E-state index is 13.1. The molecule has 0 radical (unpaired) electrons. The number of nitrogens with two attached hydrogens (primary N) is 1. The lowest BCUT2D eigenvalue weighted by Gasteiger charge is -2.42. The molecule has 30 heavy (non-hydrogen) atoms. The van der Waals surface area contributed by atoms with Crippen LogP contribution in [0.4, 0.5) is 5.95 Å². The third-order valence-corrected chi connectivity index (χ3v) is 8.40. The minimum absolute atomic E-state index is 0.0627. The van der Waals surface area contributed by atoms with Gasteiger partial charge in [0.05, 0.1) is 27.8 Å². The van der Waals surface area contributed by atoms with Crippen LogP contribution in [0.15, 0.2) is 45.3 Å². The summed E-state index contributed by atoms with van der Waals surface area (Å²) >= 11 is 7.86. The Bertz CT molecular complexity index is 1150. The van der Waals surface area contributed by atoms with E-state index < -0.39 is 0 Å². The van der Waals surface area contributed by atoms with E-state index in [1.54, 1.807) is 28.5 Å². The number of hydrogen-bond donors (Lipinski definition) is 1. The number of hydrogen-bond acceptors (Lipinski definition) is 6. The van der Waals surface area contributed by atoms with Crippen molar-refractivity contribution < 1.29 is 0 Å². The molecule has 4 heterocycles. The highest BCUT2D eigenvalue weighted by Crippen LogP contribution is 2.45. The summed E-state index contributed by atoms with van der Waals surface area (Å²) in [5, 5.41) is 4.77. The molecule has 2 N–H and O–H groups in total. The normalized spacial score (nSPS) is 21.0. The summed E-state index contributed by atoms with van der Waals surface area (Å²) in [6.45, 7) is 1.79. The first-order valence-electron chi connectivity index (χ1n) is 10.3. The summed E-state index contributed by atoms with van der Waals surface area (Å²) in [5.74, 6) is 0.725. The number of anilines is 1. The van der Waals surface area contributed by atoms with Gasteiger partial charge in [-0.3, -0.25) is 9.36 Å². The third-order valence-electron chi connectivity index (χ3n) is 6.83. The molecule has 1 aliphatic heterocycles. The monoisotopic (exact) mass is 444 g/mol. The Morgan fingerprint density at radius 3 is 2.77 bits per heavy atom. The Labute approximate surface area is 184 Å². The van der Waals surface area contributed by atoms with E-state index in [-0.39, 0.29) is 11.0 Å². The van der Waals surface area contributed by atoms with Crippen LogP contribution in [0.2, 0.25) is 5.02 Å². The van der Waals surface area contributed by atoms with Gasteiger partial charge >= 0.3 is 0 Å². The van der Waals surface area contributed by atoms with Gasteiger partial charge in [0.1, 0.15) is 0 Å². The average Bonchev–Trinajstić information content (AvgIpc) is 3.36. The fourth-order valence-corrected chi connectivity index (χ4v) is 6.18. The second-order valence-electron chi connectivity index (χ2n) is 8.39. The molecule has 2 fully saturated rings. The average molecular weight is 445 g/mol. The number of piperidine rings is 1. The van der Waals surface area contributed by atoms with Crippen molar-refractivity contribution in [1.82, 2.24) is 19.2 Å². The van der Waals surface area contributed by atoms with Crippen molar-refractivity contribution in [2.45, 2.75) is 47.9 Å². The quantitative estimate of drug-likeness (QED) is 0.667. The van der Waals surface area contributed by atoms with Gasteiger partial charge in [-0.25, -0.2) is 9.50 Å². The van der Waals surface area contributed by atoms with Gasteiger partial charge in [0.2, 0.25) is 5.95 Å². The standard InChI is InChI=1S/C21H25ClN6OS/c1-26-19(29)16(30-15-5-10-28-14(18(15)22)4-9-25-28)13-24-20(26)27-11-7-21(8-12-27)6-2-3-17(21)23/h4-5,9-10,13,17H,2-3,6-8,11-12,23H2,1H3/t17-/m1/s1. The first kappa shape index (κ1) is 19.9. The zero-order chi connectivity index (χ0) is 20.9. The molecule has 3 aromatic rings. The van der Waals surface area contributed by atoms with Crippen LogP contribution in [0, 0.1) is 5.41 Å². The highest BCUT2D eigenvalue weighted by Gasteiger charge is 2.43. The van der Waals surface area contributed by atoms with E-state index >= 15 is 0 Å². The fraction of sp³-hybridized carbons (Fsp3) is 0.476. The van der Waals surface area contributed by atoms with Crippen LogP contribution in [0.1, 0.15) is 32.1 Å². The van der Waals surface area contributed by atoms with Crippen LogP contribution in [0.5, 0.6) is 0 Å². The third kappa shape index (κ3) is 3.21. The number of nitrogens with zero attached hydrogens (tertiary/aromatic N) is 5. The van der Waals surface area contributed by atoms with Gasteiger partial charge < -0.3 is 10.6 Å². The molecule has 0 aromatic carbocycles. The van der Waals surface area contributed by atoms with Crippen LogP contribution < -0.4 is 16.2 Å². The zero-order valence-corrected chi connectivity index (χ0v) is 18.5. The first-order chi connectivity index (χ1) is 14.5. The van der Waals surface area contributed by atoms with Gasteiger partial charge in [0.15, 0.2) is 0 Å². The van der Waals surface area contributed by atoms with E-state index in [9.17, 15) is 4.79 Å². The predicted octanol–water partition coefficient (Wildman–Crippen LogP) is 3.33. The van der Waals surface area contributed by atoms with E-state index in [4.69, 9.17) is 17.3 Å². The number of rotatable bonds is 3. The molecular weight excluding hydrogens is 420 g/mol. The van der Waals surface area contributed by atoms with Crippen molar-refractivity contribution in [2.75, 3.05) is 18.0 Å². The van der Waals surface area contributed by atoms with Crippen molar-refractivity contribution >= 4 is 34.8 Å². The summed E-state index contributed by atoms with van der Waals surface area (Å²) in [5.41, 5.74) is 7.45. The molecule has 1 saturated carbocycles. The maximum Gasteiger partial charge on any atom is 0.268 e. The van der Waals surface area contributed by atoms with E-state index in [2.05, 4.69) is 15.0 Å². The maximum atomic E-state index is 13.1. The molecule has 1 atom stereocenters. The largest absolute Gasteiger partial charge is 0.342 e. The minimum Gasteiger partial charge on any atom is -0.342 e. The van der Waals surface area contributed by atoms with Crippen LogP contribution >= 0.6 is 23.4 Å². The summed E-state index contributed by atoms with van der Waals surface area (Å²) in [7, 11) is 1.79. The molecule has 3 aromatic heterocycles. The summed E-state index contributed by atoms with van der Waals surface area (Å²) < 4.78 is 3.37. The number of pyridine rings is 1. The first-order valence-corrected chi connectivity index (χ1v) is 11.5. The van der Waals surface area contributed by atoms with Crippen molar-refractivity contribution in [3.8, 4) is 0 Å². The van der Waals surface area contributed by atoms with E-state index in [1.807, 2.05) is 18.3 Å². The molecule has 158 valence electrons. The highest BCUT2D eigenvalue weighted by molar-refractivity contribution is 7.99.